The van der Waals surface area contributed by atoms with Crippen molar-refractivity contribution in [2.24, 2.45) is 0 Å². The Morgan fingerprint density at radius 3 is 2.78 bits per heavy atom. The lowest BCUT2D eigenvalue weighted by Gasteiger charge is -2.08. The monoisotopic (exact) mass is 325 g/mol. The Hall–Kier alpha value is -1.64. The van der Waals surface area contributed by atoms with Gasteiger partial charge in [0.15, 0.2) is 11.6 Å². The molecule has 0 atom stereocenters. The van der Waals surface area contributed by atoms with Gasteiger partial charge in [-0.05, 0) is 40.2 Å². The quantitative estimate of drug-likeness (QED) is 0.897. The highest BCUT2D eigenvalue weighted by Crippen LogP contribution is 2.27. The molecule has 90 valence electrons. The summed E-state index contributed by atoms with van der Waals surface area (Å²) in [4.78, 5) is 3.85. The maximum absolute atomic E-state index is 13.5. The molecule has 3 nitrogen and oxygen atoms in total. The number of rotatable bonds is 2. The topological polar surface area (TPSA) is 48.7 Å². The Labute approximate surface area is 116 Å². The number of hydrogen-bond acceptors (Lipinski definition) is 3. The minimum Gasteiger partial charge on any atom is -0.337 e. The largest absolute Gasteiger partial charge is 0.337 e. The number of nitrogens with zero attached hydrogens (tertiary/aromatic N) is 2. The first-order valence-electron chi connectivity index (χ1n) is 4.88. The van der Waals surface area contributed by atoms with Crippen LogP contribution in [-0.4, -0.2) is 4.98 Å². The summed E-state index contributed by atoms with van der Waals surface area (Å²) >= 11 is 8.91. The molecular formula is C12H6BrClFN3. The lowest BCUT2D eigenvalue weighted by atomic mass is 10.2. The van der Waals surface area contributed by atoms with Crippen LogP contribution >= 0.6 is 27.5 Å². The summed E-state index contributed by atoms with van der Waals surface area (Å²) in [6.45, 7) is 0. The Morgan fingerprint density at radius 2 is 2.17 bits per heavy atom. The van der Waals surface area contributed by atoms with E-state index in [-0.39, 0.29) is 10.8 Å². The van der Waals surface area contributed by atoms with Crippen molar-refractivity contribution in [3.8, 4) is 6.07 Å². The van der Waals surface area contributed by atoms with Crippen LogP contribution in [0.25, 0.3) is 0 Å². The van der Waals surface area contributed by atoms with Crippen LogP contribution < -0.4 is 5.32 Å². The first-order valence-corrected chi connectivity index (χ1v) is 6.05. The predicted octanol–water partition coefficient (Wildman–Crippen LogP) is 4.25. The van der Waals surface area contributed by atoms with Gasteiger partial charge in [0.1, 0.15) is 0 Å². The van der Waals surface area contributed by atoms with E-state index in [0.29, 0.717) is 15.7 Å². The number of anilines is 2. The van der Waals surface area contributed by atoms with Gasteiger partial charge in [-0.1, -0.05) is 11.6 Å². The summed E-state index contributed by atoms with van der Waals surface area (Å²) in [5.41, 5.74) is 1.12. The van der Waals surface area contributed by atoms with E-state index >= 15 is 0 Å². The molecule has 0 spiro atoms. The van der Waals surface area contributed by atoms with Crippen molar-refractivity contribution in [3.63, 3.8) is 0 Å². The minimum atomic E-state index is -0.543. The van der Waals surface area contributed by atoms with E-state index in [9.17, 15) is 4.39 Å². The van der Waals surface area contributed by atoms with Crippen LogP contribution in [0, 0.1) is 17.1 Å². The zero-order valence-corrected chi connectivity index (χ0v) is 11.3. The molecule has 0 unspecified atom stereocenters. The highest BCUT2D eigenvalue weighted by atomic mass is 79.9. The summed E-state index contributed by atoms with van der Waals surface area (Å²) in [5.74, 6) is -0.469. The summed E-state index contributed by atoms with van der Waals surface area (Å²) in [5, 5.41) is 11.8. The van der Waals surface area contributed by atoms with Crippen molar-refractivity contribution in [1.29, 1.82) is 5.26 Å². The lowest BCUT2D eigenvalue weighted by molar-refractivity contribution is 0.626. The number of halogens is 3. The van der Waals surface area contributed by atoms with Gasteiger partial charge in [0, 0.05) is 10.7 Å². The molecule has 0 saturated carbocycles. The van der Waals surface area contributed by atoms with Crippen molar-refractivity contribution in [1.82, 2.24) is 4.98 Å². The molecule has 0 bridgehead atoms. The van der Waals surface area contributed by atoms with Crippen LogP contribution in [0.5, 0.6) is 0 Å². The van der Waals surface area contributed by atoms with E-state index in [2.05, 4.69) is 26.2 Å². The molecule has 2 rings (SSSR count). The first-order chi connectivity index (χ1) is 8.60. The number of aromatic nitrogens is 1. The fourth-order valence-electron chi connectivity index (χ4n) is 1.32. The van der Waals surface area contributed by atoms with Crippen LogP contribution in [0.15, 0.2) is 34.9 Å². The summed E-state index contributed by atoms with van der Waals surface area (Å²) in [6, 6.07) is 8.11. The Morgan fingerprint density at radius 1 is 1.39 bits per heavy atom. The van der Waals surface area contributed by atoms with Gasteiger partial charge in [-0.3, -0.25) is 0 Å². The summed E-state index contributed by atoms with van der Waals surface area (Å²) in [6.07, 6.45) is 1.35. The smallest absolute Gasteiger partial charge is 0.167 e. The van der Waals surface area contributed by atoms with Crippen molar-refractivity contribution < 1.29 is 4.39 Å². The predicted molar refractivity (Wildman–Crippen MR) is 71.3 cm³/mol. The maximum Gasteiger partial charge on any atom is 0.167 e. The van der Waals surface area contributed by atoms with Crippen LogP contribution in [-0.2, 0) is 0 Å². The molecule has 1 aromatic heterocycles. The molecule has 1 aromatic carbocycles. The van der Waals surface area contributed by atoms with Crippen molar-refractivity contribution >= 4 is 39.0 Å². The summed E-state index contributed by atoms with van der Waals surface area (Å²) in [7, 11) is 0. The highest BCUT2D eigenvalue weighted by Gasteiger charge is 2.07. The highest BCUT2D eigenvalue weighted by molar-refractivity contribution is 9.10. The standard InChI is InChI=1S/C12H6BrClFN3/c13-9-3-7(5-16)1-2-11(9)18-12-10(15)4-8(14)6-17-12/h1-4,6H,(H,17,18). The van der Waals surface area contributed by atoms with Crippen molar-refractivity contribution in [3.05, 3.63) is 51.3 Å². The number of benzene rings is 1. The van der Waals surface area contributed by atoms with Gasteiger partial charge in [-0.25, -0.2) is 9.37 Å². The molecule has 18 heavy (non-hydrogen) atoms. The Bertz CT molecular complexity index is 640. The van der Waals surface area contributed by atoms with Crippen LogP contribution in [0.4, 0.5) is 15.9 Å². The third-order valence-corrected chi connectivity index (χ3v) is 3.02. The number of nitrogens with one attached hydrogen (secondary N) is 1. The third-order valence-electron chi connectivity index (χ3n) is 2.16. The zero-order chi connectivity index (χ0) is 13.1. The van der Waals surface area contributed by atoms with Gasteiger partial charge in [0.25, 0.3) is 0 Å². The molecule has 0 saturated heterocycles. The Kier molecular flexibility index (Phi) is 3.80. The maximum atomic E-state index is 13.5. The first kappa shape index (κ1) is 12.8. The fraction of sp³-hybridized carbons (Fsp3) is 0. The fourth-order valence-corrected chi connectivity index (χ4v) is 1.94. The van der Waals surface area contributed by atoms with Crippen LogP contribution in [0.1, 0.15) is 5.56 Å². The second-order valence-corrected chi connectivity index (χ2v) is 4.71. The van der Waals surface area contributed by atoms with E-state index in [4.69, 9.17) is 16.9 Å². The van der Waals surface area contributed by atoms with Crippen molar-refractivity contribution in [2.75, 3.05) is 5.32 Å². The SMILES string of the molecule is N#Cc1ccc(Nc2ncc(Cl)cc2F)c(Br)c1. The van der Waals surface area contributed by atoms with Crippen LogP contribution in [0.3, 0.4) is 0 Å². The minimum absolute atomic E-state index is 0.0739. The molecule has 2 aromatic rings. The molecule has 0 radical (unpaired) electrons. The van der Waals surface area contributed by atoms with E-state index in [1.54, 1.807) is 18.2 Å². The molecule has 0 fully saturated rings. The molecule has 0 aliphatic carbocycles. The van der Waals surface area contributed by atoms with E-state index in [0.717, 1.165) is 0 Å². The molecule has 1 heterocycles. The van der Waals surface area contributed by atoms with E-state index in [1.165, 1.54) is 12.3 Å². The van der Waals surface area contributed by atoms with Crippen LogP contribution in [0.2, 0.25) is 5.02 Å². The van der Waals surface area contributed by atoms with Gasteiger partial charge in [0.05, 0.1) is 22.3 Å². The number of pyridine rings is 1. The molecule has 6 heteroatoms. The molecular weight excluding hydrogens is 321 g/mol. The second-order valence-electron chi connectivity index (χ2n) is 3.42. The average Bonchev–Trinajstić information content (AvgIpc) is 2.34. The summed E-state index contributed by atoms with van der Waals surface area (Å²) < 4.78 is 14.2. The molecule has 0 aliphatic heterocycles. The number of hydrogen-bond donors (Lipinski definition) is 1. The Balaban J connectivity index is 2.32. The van der Waals surface area contributed by atoms with Crippen molar-refractivity contribution in [2.45, 2.75) is 0 Å². The molecule has 0 amide bonds. The number of nitriles is 1. The molecule has 0 aliphatic rings. The van der Waals surface area contributed by atoms with Gasteiger partial charge in [-0.15, -0.1) is 0 Å². The van der Waals surface area contributed by atoms with E-state index < -0.39 is 5.82 Å². The van der Waals surface area contributed by atoms with Gasteiger partial charge in [0.2, 0.25) is 0 Å². The van der Waals surface area contributed by atoms with Gasteiger partial charge < -0.3 is 5.32 Å². The normalized spacial score (nSPS) is 9.89. The van der Waals surface area contributed by atoms with E-state index in [1.807, 2.05) is 6.07 Å². The van der Waals surface area contributed by atoms with Gasteiger partial charge in [-0.2, -0.15) is 5.26 Å². The third kappa shape index (κ3) is 2.78. The second kappa shape index (κ2) is 5.34. The average molecular weight is 327 g/mol. The lowest BCUT2D eigenvalue weighted by Crippen LogP contribution is -1.97. The van der Waals surface area contributed by atoms with Gasteiger partial charge >= 0.3 is 0 Å². The zero-order valence-electron chi connectivity index (χ0n) is 8.92. The molecule has 1 N–H and O–H groups in total.